The molecule has 4 saturated heterocycles. The Kier molecular flexibility index (Phi) is 9.86. The third-order valence-electron chi connectivity index (χ3n) is 12.7. The average molecular weight is 771 g/mol. The monoisotopic (exact) mass is 770 g/mol. The molecular formula is C35H44F6O12. The van der Waals surface area contributed by atoms with E-state index in [2.05, 4.69) is 0 Å². The zero-order valence-electron chi connectivity index (χ0n) is 29.7. The van der Waals surface area contributed by atoms with Crippen molar-refractivity contribution in [1.82, 2.24) is 0 Å². The third kappa shape index (κ3) is 6.42. The minimum atomic E-state index is -5.05. The number of hydrogen-bond donors (Lipinski definition) is 1. The van der Waals surface area contributed by atoms with Crippen LogP contribution >= 0.6 is 0 Å². The largest absolute Gasteiger partial charge is 0.461 e. The first-order chi connectivity index (χ1) is 24.8. The highest BCUT2D eigenvalue weighted by Crippen LogP contribution is 2.62. The number of carbonyl (C=O) groups is 2. The van der Waals surface area contributed by atoms with Crippen LogP contribution in [0.4, 0.5) is 26.3 Å². The van der Waals surface area contributed by atoms with Gasteiger partial charge in [0, 0.05) is 41.2 Å². The number of carbonyl (C=O) groups excluding carboxylic acids is 2. The van der Waals surface area contributed by atoms with Crippen LogP contribution in [0, 0.1) is 35.5 Å². The van der Waals surface area contributed by atoms with Crippen molar-refractivity contribution in [3.05, 3.63) is 22.7 Å². The predicted octanol–water partition coefficient (Wildman–Crippen LogP) is 6.79. The van der Waals surface area contributed by atoms with Crippen molar-refractivity contribution < 1.29 is 84.3 Å². The molecule has 1 spiro atoms. The zero-order valence-corrected chi connectivity index (χ0v) is 29.7. The van der Waals surface area contributed by atoms with Crippen molar-refractivity contribution in [2.24, 2.45) is 35.5 Å². The summed E-state index contributed by atoms with van der Waals surface area (Å²) in [6.45, 7) is 5.21. The summed E-state index contributed by atoms with van der Waals surface area (Å²) in [7, 11) is 0. The Morgan fingerprint density at radius 1 is 0.755 bits per heavy atom. The summed E-state index contributed by atoms with van der Waals surface area (Å²) < 4.78 is 120. The second kappa shape index (κ2) is 13.5. The van der Waals surface area contributed by atoms with E-state index >= 15 is 0 Å². The van der Waals surface area contributed by atoms with E-state index in [0.29, 0.717) is 38.5 Å². The molecule has 12 nitrogen and oxygen atoms in total. The van der Waals surface area contributed by atoms with E-state index in [9.17, 15) is 41.2 Å². The van der Waals surface area contributed by atoms with Gasteiger partial charge in [0.05, 0.1) is 6.10 Å². The minimum Gasteiger partial charge on any atom is -0.461 e. The first-order valence-corrected chi connectivity index (χ1v) is 18.1. The molecule has 3 unspecified atom stereocenters. The summed E-state index contributed by atoms with van der Waals surface area (Å²) in [5.41, 5.74) is -4.09. The van der Waals surface area contributed by atoms with Crippen molar-refractivity contribution >= 4 is 11.9 Å². The van der Waals surface area contributed by atoms with E-state index in [0.717, 1.165) is 0 Å². The van der Waals surface area contributed by atoms with Crippen molar-refractivity contribution in [3.8, 4) is 0 Å². The Morgan fingerprint density at radius 3 is 1.92 bits per heavy atom. The fourth-order valence-corrected chi connectivity index (χ4v) is 10.1. The van der Waals surface area contributed by atoms with Gasteiger partial charge < -0.3 is 28.4 Å². The van der Waals surface area contributed by atoms with Gasteiger partial charge in [-0.1, -0.05) is 13.8 Å². The molecule has 0 aromatic heterocycles. The van der Waals surface area contributed by atoms with Gasteiger partial charge in [0.25, 0.3) is 0 Å². The first-order valence-electron chi connectivity index (χ1n) is 18.1. The molecule has 53 heavy (non-hydrogen) atoms. The smallest absolute Gasteiger partial charge is 0.449 e. The van der Waals surface area contributed by atoms with E-state index in [1.54, 1.807) is 13.8 Å². The normalized spacial score (nSPS) is 42.4. The van der Waals surface area contributed by atoms with Gasteiger partial charge in [-0.3, -0.25) is 14.8 Å². The molecule has 6 fully saturated rings. The summed E-state index contributed by atoms with van der Waals surface area (Å²) in [5, 5.41) is 10.3. The van der Waals surface area contributed by atoms with Crippen LogP contribution in [-0.2, 0) is 52.7 Å². The molecule has 2 bridgehead atoms. The molecule has 8 rings (SSSR count). The Hall–Kier alpha value is -2.64. The van der Waals surface area contributed by atoms with Crippen molar-refractivity contribution in [1.29, 1.82) is 0 Å². The SMILES string of the molecule is C[C@@H]1CC[C@H]2C(COC(=O)CC(=O)OCC3=C(C(F)(F)F)O[C@@H]4O[C@@]5(C)CCC6[C@H](C)CC[C@@H]3[C@]64OO5)=C(C(F)(F)F)O[C@@H]3O[C@@H](C)CCC1C32OO. The van der Waals surface area contributed by atoms with Crippen LogP contribution in [0.1, 0.15) is 85.5 Å². The lowest BCUT2D eigenvalue weighted by Gasteiger charge is -2.57. The molecule has 12 atom stereocenters. The number of hydrogen-bond acceptors (Lipinski definition) is 12. The first kappa shape index (κ1) is 38.6. The molecule has 18 heteroatoms. The van der Waals surface area contributed by atoms with Crippen LogP contribution in [-0.4, -0.2) is 78.4 Å². The molecule has 6 aliphatic heterocycles. The molecular weight excluding hydrogens is 726 g/mol. The van der Waals surface area contributed by atoms with Gasteiger partial charge in [0.1, 0.15) is 19.6 Å². The number of esters is 2. The summed E-state index contributed by atoms with van der Waals surface area (Å²) in [6.07, 6.45) is -11.6. The van der Waals surface area contributed by atoms with Crippen molar-refractivity contribution in [2.75, 3.05) is 13.2 Å². The van der Waals surface area contributed by atoms with Crippen LogP contribution in [0.5, 0.6) is 0 Å². The van der Waals surface area contributed by atoms with Crippen LogP contribution in [0.15, 0.2) is 22.7 Å². The number of rotatable bonds is 7. The summed E-state index contributed by atoms with van der Waals surface area (Å²) in [5.74, 6) is -9.69. The lowest BCUT2D eigenvalue weighted by atomic mass is 9.59. The maximum absolute atomic E-state index is 14.5. The Balaban J connectivity index is 1.08. The minimum absolute atomic E-state index is 0.0183. The van der Waals surface area contributed by atoms with Gasteiger partial charge in [0.15, 0.2) is 11.2 Å². The maximum atomic E-state index is 14.5. The Labute approximate surface area is 301 Å². The number of allylic oxidation sites excluding steroid dienone is 2. The molecule has 1 N–H and O–H groups in total. The van der Waals surface area contributed by atoms with Crippen LogP contribution < -0.4 is 0 Å². The van der Waals surface area contributed by atoms with E-state index < -0.39 is 120 Å². The van der Waals surface area contributed by atoms with Crippen molar-refractivity contribution in [2.45, 2.75) is 134 Å². The van der Waals surface area contributed by atoms with Gasteiger partial charge >= 0.3 is 24.3 Å². The molecule has 8 aliphatic rings. The van der Waals surface area contributed by atoms with E-state index in [1.165, 1.54) is 0 Å². The summed E-state index contributed by atoms with van der Waals surface area (Å²) >= 11 is 0. The Bertz CT molecular complexity index is 1450. The fourth-order valence-electron chi connectivity index (χ4n) is 10.1. The second-order valence-electron chi connectivity index (χ2n) is 15.8. The molecule has 298 valence electrons. The molecule has 0 aromatic carbocycles. The highest BCUT2D eigenvalue weighted by Gasteiger charge is 2.71. The molecule has 0 radical (unpaired) electrons. The lowest BCUT2D eigenvalue weighted by Crippen LogP contribution is -2.67. The van der Waals surface area contributed by atoms with Crippen LogP contribution in [0.2, 0.25) is 0 Å². The van der Waals surface area contributed by atoms with E-state index in [-0.39, 0.29) is 30.6 Å². The molecule has 0 aromatic rings. The number of halogens is 6. The maximum Gasteiger partial charge on any atom is 0.449 e. The topological polar surface area (TPSA) is 137 Å². The second-order valence-corrected chi connectivity index (χ2v) is 15.8. The molecule has 6 heterocycles. The average Bonchev–Trinajstić information content (AvgIpc) is 3.39. The molecule has 2 saturated carbocycles. The number of alkyl halides is 6. The highest BCUT2D eigenvalue weighted by molar-refractivity contribution is 5.91. The quantitative estimate of drug-likeness (QED) is 0.0960. The summed E-state index contributed by atoms with van der Waals surface area (Å²) in [4.78, 5) is 42.4. The third-order valence-corrected chi connectivity index (χ3v) is 12.7. The van der Waals surface area contributed by atoms with Gasteiger partial charge in [-0.25, -0.2) is 14.7 Å². The van der Waals surface area contributed by atoms with E-state index in [4.69, 9.17) is 43.1 Å². The van der Waals surface area contributed by atoms with Crippen LogP contribution in [0.3, 0.4) is 0 Å². The highest BCUT2D eigenvalue weighted by atomic mass is 19.4. The molecule has 2 aliphatic carbocycles. The number of fused-ring (bicyclic) bond motifs is 2. The predicted molar refractivity (Wildman–Crippen MR) is 163 cm³/mol. The van der Waals surface area contributed by atoms with Crippen LogP contribution in [0.25, 0.3) is 0 Å². The van der Waals surface area contributed by atoms with E-state index in [1.807, 2.05) is 13.8 Å². The van der Waals surface area contributed by atoms with Gasteiger partial charge in [-0.15, -0.1) is 0 Å². The number of ether oxygens (including phenoxy) is 6. The summed E-state index contributed by atoms with van der Waals surface area (Å²) in [6, 6.07) is 0. The molecule has 0 amide bonds. The van der Waals surface area contributed by atoms with Gasteiger partial charge in [0.2, 0.25) is 29.9 Å². The van der Waals surface area contributed by atoms with Crippen molar-refractivity contribution in [3.63, 3.8) is 0 Å². The Morgan fingerprint density at radius 2 is 1.32 bits per heavy atom. The zero-order chi connectivity index (χ0) is 38.3. The lowest BCUT2D eigenvalue weighted by molar-refractivity contribution is -0.557. The van der Waals surface area contributed by atoms with Gasteiger partial charge in [-0.05, 0) is 70.6 Å². The standard InChI is InChI=1S/C35H44F6O12/c1-16-5-8-23-19(27(34(36,37)38)48-29-32(23,51-44)21(16)10-7-18(3)47-29)14-45-25(42)13-26(43)46-15-20-24-9-6-17(2)22-11-12-31(4)50-30(33(22,24)53-52-31)49-28(20)35(39,40)41/h16-18,21-24,29-30,44H,5-15H2,1-4H3/t16-,17-,18+,21?,22?,23+,24+,29+,30-,31-,32?,33-/m1/s1. The van der Waals surface area contributed by atoms with Gasteiger partial charge in [-0.2, -0.15) is 26.3 Å². The fraction of sp³-hybridized carbons (Fsp3) is 0.829.